The molecular formula is C19H18. The van der Waals surface area contributed by atoms with Gasteiger partial charge in [0.25, 0.3) is 0 Å². The molecule has 0 heterocycles. The molecule has 0 bridgehead atoms. The molecule has 2 aromatic carbocycles. The molecule has 2 aliphatic rings. The Labute approximate surface area is 114 Å². The average molecular weight is 246 g/mol. The van der Waals surface area contributed by atoms with Crippen molar-refractivity contribution in [3.63, 3.8) is 0 Å². The van der Waals surface area contributed by atoms with Gasteiger partial charge in [0, 0.05) is 0 Å². The molecule has 0 spiro atoms. The lowest BCUT2D eigenvalue weighted by atomic mass is 9.79. The summed E-state index contributed by atoms with van der Waals surface area (Å²) in [6.45, 7) is 2.31. The summed E-state index contributed by atoms with van der Waals surface area (Å²) in [7, 11) is 0. The Morgan fingerprint density at radius 1 is 0.947 bits per heavy atom. The summed E-state index contributed by atoms with van der Waals surface area (Å²) >= 11 is 0. The molecule has 0 saturated carbocycles. The number of rotatable bonds is 0. The van der Waals surface area contributed by atoms with E-state index in [-0.39, 0.29) is 0 Å². The van der Waals surface area contributed by atoms with Crippen molar-refractivity contribution in [1.29, 1.82) is 0 Å². The predicted molar refractivity (Wildman–Crippen MR) is 83.2 cm³/mol. The monoisotopic (exact) mass is 246 g/mol. The van der Waals surface area contributed by atoms with E-state index in [4.69, 9.17) is 0 Å². The van der Waals surface area contributed by atoms with Gasteiger partial charge in [-0.05, 0) is 58.2 Å². The second kappa shape index (κ2) is 4.09. The molecule has 0 fully saturated rings. The fourth-order valence-electron chi connectivity index (χ4n) is 3.58. The molecule has 1 atom stereocenters. The van der Waals surface area contributed by atoms with Crippen LogP contribution in [0.4, 0.5) is 0 Å². The van der Waals surface area contributed by atoms with E-state index >= 15 is 0 Å². The number of fused-ring (bicyclic) bond motifs is 6. The molecule has 0 nitrogen and oxygen atoms in total. The van der Waals surface area contributed by atoms with Crippen LogP contribution in [0.1, 0.15) is 35.6 Å². The highest BCUT2D eigenvalue weighted by atomic mass is 14.2. The highest BCUT2D eigenvalue weighted by molar-refractivity contribution is 5.98. The van der Waals surface area contributed by atoms with E-state index in [2.05, 4.69) is 55.5 Å². The minimum Gasteiger partial charge on any atom is -0.0836 e. The molecule has 2 aromatic rings. The van der Waals surface area contributed by atoms with Crippen LogP contribution in [0.5, 0.6) is 0 Å². The third-order valence-electron chi connectivity index (χ3n) is 4.48. The molecule has 4 rings (SSSR count). The summed E-state index contributed by atoms with van der Waals surface area (Å²) < 4.78 is 0. The Bertz CT molecular complexity index is 716. The standard InChI is InChI=1S/C19H18/c1-13-10-11-18-16-8-3-2-6-14(16)15-7-4-5-9-17(15)19(18)12-13/h2-3,5-6,8-11,13H,4,7,12H2,1H3. The first kappa shape index (κ1) is 11.0. The van der Waals surface area contributed by atoms with E-state index in [0.717, 1.165) is 0 Å². The maximum Gasteiger partial charge on any atom is -0.0106 e. The zero-order valence-electron chi connectivity index (χ0n) is 11.3. The lowest BCUT2D eigenvalue weighted by molar-refractivity contribution is 0.715. The molecule has 2 aliphatic carbocycles. The number of aryl methyl sites for hydroxylation is 1. The smallest absolute Gasteiger partial charge is 0.0106 e. The van der Waals surface area contributed by atoms with Crippen molar-refractivity contribution in [3.8, 4) is 0 Å². The van der Waals surface area contributed by atoms with Gasteiger partial charge in [-0.25, -0.2) is 0 Å². The number of hydrogen-bond donors (Lipinski definition) is 0. The van der Waals surface area contributed by atoms with Gasteiger partial charge in [-0.3, -0.25) is 0 Å². The minimum atomic E-state index is 0.660. The average Bonchev–Trinajstić information content (AvgIpc) is 2.47. The van der Waals surface area contributed by atoms with Crippen molar-refractivity contribution in [3.05, 3.63) is 58.7 Å². The Morgan fingerprint density at radius 2 is 1.79 bits per heavy atom. The lowest BCUT2D eigenvalue weighted by Crippen LogP contribution is -2.10. The van der Waals surface area contributed by atoms with Gasteiger partial charge in [-0.2, -0.15) is 0 Å². The van der Waals surface area contributed by atoms with Gasteiger partial charge in [0.1, 0.15) is 0 Å². The van der Waals surface area contributed by atoms with Gasteiger partial charge in [0.2, 0.25) is 0 Å². The van der Waals surface area contributed by atoms with Crippen molar-refractivity contribution in [2.75, 3.05) is 0 Å². The molecule has 0 amide bonds. The molecule has 0 aromatic heterocycles. The molecule has 0 N–H and O–H groups in total. The van der Waals surface area contributed by atoms with Crippen LogP contribution >= 0.6 is 0 Å². The van der Waals surface area contributed by atoms with Crippen LogP contribution in [0.2, 0.25) is 0 Å². The molecule has 0 saturated heterocycles. The summed E-state index contributed by atoms with van der Waals surface area (Å²) in [6.07, 6.45) is 12.9. The Balaban J connectivity index is 2.16. The van der Waals surface area contributed by atoms with Gasteiger partial charge >= 0.3 is 0 Å². The van der Waals surface area contributed by atoms with E-state index < -0.39 is 0 Å². The van der Waals surface area contributed by atoms with E-state index in [9.17, 15) is 0 Å². The van der Waals surface area contributed by atoms with Gasteiger partial charge in [-0.1, -0.05) is 55.5 Å². The van der Waals surface area contributed by atoms with E-state index in [1.807, 2.05) is 0 Å². The van der Waals surface area contributed by atoms with E-state index in [0.29, 0.717) is 5.92 Å². The number of allylic oxidation sites excluding steroid dienone is 2. The largest absolute Gasteiger partial charge is 0.0836 e. The lowest BCUT2D eigenvalue weighted by Gasteiger charge is -2.25. The SMILES string of the molecule is CC1C=Cc2c(c3c(c4ccccc24)CCC=C3)C1. The fourth-order valence-corrected chi connectivity index (χ4v) is 3.58. The quantitative estimate of drug-likeness (QED) is 0.613. The summed E-state index contributed by atoms with van der Waals surface area (Å²) in [4.78, 5) is 0. The second-order valence-electron chi connectivity index (χ2n) is 5.81. The van der Waals surface area contributed by atoms with Crippen LogP contribution in [-0.4, -0.2) is 0 Å². The normalized spacial score (nSPS) is 20.4. The van der Waals surface area contributed by atoms with Crippen molar-refractivity contribution in [1.82, 2.24) is 0 Å². The minimum absolute atomic E-state index is 0.660. The van der Waals surface area contributed by atoms with Crippen LogP contribution in [0, 0.1) is 5.92 Å². The van der Waals surface area contributed by atoms with Gasteiger partial charge in [-0.15, -0.1) is 0 Å². The predicted octanol–water partition coefficient (Wildman–Crippen LogP) is 5.00. The second-order valence-corrected chi connectivity index (χ2v) is 5.81. The van der Waals surface area contributed by atoms with E-state index in [1.165, 1.54) is 41.2 Å². The zero-order chi connectivity index (χ0) is 12.8. The summed E-state index contributed by atoms with van der Waals surface area (Å²) in [5.74, 6) is 0.660. The Kier molecular flexibility index (Phi) is 2.38. The van der Waals surface area contributed by atoms with Crippen molar-refractivity contribution in [2.24, 2.45) is 5.92 Å². The Morgan fingerprint density at radius 3 is 2.68 bits per heavy atom. The number of benzene rings is 2. The molecule has 1 unspecified atom stereocenters. The summed E-state index contributed by atoms with van der Waals surface area (Å²) in [6, 6.07) is 8.91. The van der Waals surface area contributed by atoms with Gasteiger partial charge in [0.15, 0.2) is 0 Å². The van der Waals surface area contributed by atoms with Gasteiger partial charge in [0.05, 0.1) is 0 Å². The highest BCUT2D eigenvalue weighted by Crippen LogP contribution is 2.38. The van der Waals surface area contributed by atoms with E-state index in [1.54, 1.807) is 11.1 Å². The molecule has 19 heavy (non-hydrogen) atoms. The summed E-state index contributed by atoms with van der Waals surface area (Å²) in [5.41, 5.74) is 6.11. The maximum absolute atomic E-state index is 2.36. The molecule has 0 aliphatic heterocycles. The topological polar surface area (TPSA) is 0 Å². The van der Waals surface area contributed by atoms with Gasteiger partial charge < -0.3 is 0 Å². The van der Waals surface area contributed by atoms with Crippen LogP contribution in [0.15, 0.2) is 36.4 Å². The van der Waals surface area contributed by atoms with Crippen molar-refractivity contribution < 1.29 is 0 Å². The third-order valence-corrected chi connectivity index (χ3v) is 4.48. The highest BCUT2D eigenvalue weighted by Gasteiger charge is 2.20. The van der Waals surface area contributed by atoms with Crippen LogP contribution in [0.25, 0.3) is 22.9 Å². The molecule has 0 radical (unpaired) electrons. The maximum atomic E-state index is 2.36. The fraction of sp³-hybridized carbons (Fsp3) is 0.263. The molecule has 0 heteroatoms. The first-order chi connectivity index (χ1) is 9.34. The van der Waals surface area contributed by atoms with Crippen LogP contribution < -0.4 is 0 Å². The Hall–Kier alpha value is -1.82. The van der Waals surface area contributed by atoms with Crippen molar-refractivity contribution in [2.45, 2.75) is 26.2 Å². The number of hydrogen-bond acceptors (Lipinski definition) is 0. The summed E-state index contributed by atoms with van der Waals surface area (Å²) in [5, 5.41) is 2.90. The van der Waals surface area contributed by atoms with Crippen LogP contribution in [0.3, 0.4) is 0 Å². The zero-order valence-corrected chi connectivity index (χ0v) is 11.3. The van der Waals surface area contributed by atoms with Crippen molar-refractivity contribution >= 4 is 22.9 Å². The first-order valence-corrected chi connectivity index (χ1v) is 7.26. The molecule has 94 valence electrons. The van der Waals surface area contributed by atoms with Crippen LogP contribution in [-0.2, 0) is 12.8 Å². The first-order valence-electron chi connectivity index (χ1n) is 7.26. The third kappa shape index (κ3) is 1.59. The molecular weight excluding hydrogens is 228 g/mol.